The van der Waals surface area contributed by atoms with Crippen molar-refractivity contribution in [2.24, 2.45) is 21.1 Å². The average Bonchev–Trinajstić information content (AvgIpc) is 3.91. The van der Waals surface area contributed by atoms with Gasteiger partial charge in [0.2, 0.25) is 6.33 Å². The van der Waals surface area contributed by atoms with Crippen LogP contribution in [0.3, 0.4) is 0 Å². The van der Waals surface area contributed by atoms with Gasteiger partial charge in [0.25, 0.3) is 0 Å². The average molecular weight is 1010 g/mol. The summed E-state index contributed by atoms with van der Waals surface area (Å²) in [5.74, 6) is 2.83. The van der Waals surface area contributed by atoms with E-state index in [0.29, 0.717) is 17.3 Å². The maximum atomic E-state index is 5.75. The Bertz CT molecular complexity index is 2700. The Labute approximate surface area is 307 Å². The molecule has 0 saturated heterocycles. The van der Waals surface area contributed by atoms with Crippen molar-refractivity contribution in [3.05, 3.63) is 111 Å². The smallest absolute Gasteiger partial charge is 0.660 e. The van der Waals surface area contributed by atoms with E-state index < -0.39 is 0 Å². The Morgan fingerprint density at radius 3 is 1.92 bits per heavy atom. The van der Waals surface area contributed by atoms with Crippen molar-refractivity contribution >= 4 is 43.6 Å². The van der Waals surface area contributed by atoms with Crippen molar-refractivity contribution < 1.29 is 55.5 Å². The Balaban J connectivity index is 0.000000148. The summed E-state index contributed by atoms with van der Waals surface area (Å²) in [6.45, 7) is 0. The first-order valence-corrected chi connectivity index (χ1v) is 14.7. The van der Waals surface area contributed by atoms with E-state index in [9.17, 15) is 0 Å². The summed E-state index contributed by atoms with van der Waals surface area (Å²) >= 11 is 0. The molecule has 12 nitrogen and oxygen atoms in total. The van der Waals surface area contributed by atoms with E-state index >= 15 is 0 Å². The third-order valence-corrected chi connectivity index (χ3v) is 8.25. The van der Waals surface area contributed by atoms with Crippen LogP contribution in [0.25, 0.3) is 78.2 Å². The molecule has 0 fully saturated rings. The molecule has 0 aliphatic rings. The number of hydrogen-bond acceptors (Lipinski definition) is 5. The number of aryl methyl sites for hydroxylation is 3. The zero-order valence-corrected chi connectivity index (χ0v) is 30.6. The number of nitrogens with zero attached hydrogens (tertiary/aromatic N) is 10. The first kappa shape index (κ1) is 32.4. The van der Waals surface area contributed by atoms with Crippen molar-refractivity contribution in [2.75, 3.05) is 0 Å². The van der Waals surface area contributed by atoms with E-state index in [4.69, 9.17) is 18.8 Å². The van der Waals surface area contributed by atoms with E-state index in [1.807, 2.05) is 99.1 Å². The number of fused-ring (bicyclic) bond motifs is 6. The summed E-state index contributed by atoms with van der Waals surface area (Å²) in [4.78, 5) is 22.3. The van der Waals surface area contributed by atoms with Crippen molar-refractivity contribution in [3.63, 3.8) is 0 Å². The number of rotatable bonds is 4. The number of imidazole rings is 4. The second-order valence-corrected chi connectivity index (χ2v) is 11.2. The van der Waals surface area contributed by atoms with Gasteiger partial charge in [-0.15, -0.1) is 17.2 Å². The van der Waals surface area contributed by atoms with Crippen molar-refractivity contribution in [2.45, 2.75) is 0 Å². The molecule has 0 amide bonds. The third-order valence-electron chi connectivity index (χ3n) is 8.25. The third kappa shape index (κ3) is 5.23. The SMILES string of the molecule is Cn1c[c-]nc1-c1occ2c1[n-]c1c(-n3[c-][n+](C)cc3)cccc12.Cn1ccnc1-c1occ2c1[n-]c1c(-n3[c-]ncc3)cccc12.[Pt+2].[Pt]. The van der Waals surface area contributed by atoms with Crippen LogP contribution in [0.5, 0.6) is 0 Å². The van der Waals surface area contributed by atoms with Crippen LogP contribution < -0.4 is 14.5 Å². The molecule has 10 rings (SSSR count). The molecule has 0 aliphatic heterocycles. The summed E-state index contributed by atoms with van der Waals surface area (Å²) in [5.41, 5.74) is 5.39. The minimum absolute atomic E-state index is 0. The van der Waals surface area contributed by atoms with Gasteiger partial charge in [0, 0.05) is 81.5 Å². The maximum absolute atomic E-state index is 5.75. The zero-order valence-electron chi connectivity index (χ0n) is 26.1. The van der Waals surface area contributed by atoms with Crippen LogP contribution in [0.1, 0.15) is 0 Å². The van der Waals surface area contributed by atoms with E-state index in [-0.39, 0.29) is 42.1 Å². The van der Waals surface area contributed by atoms with Crippen molar-refractivity contribution in [1.29, 1.82) is 0 Å². The molecule has 0 aliphatic carbocycles. The standard InChI is InChI=1S/C18H13N5O.C17H11N5O.2Pt/c1-21-8-9-23(11-21)14-5-3-4-12-13-10-24-17(16(13)20-15(12)14)18-19-6-7-22(18)2;1-21-7-6-19-17(21)16-15-12(9-23-16)11-3-2-4-13(14(11)20-15)22-8-5-18-10-22;;/h3-5,7-10H,1-2H3;2-9H,1H3;;/q2*-2;;+2. The van der Waals surface area contributed by atoms with Crippen LogP contribution >= 0.6 is 0 Å². The maximum Gasteiger partial charge on any atom is 2.00 e. The van der Waals surface area contributed by atoms with Gasteiger partial charge in [-0.25, -0.2) is 4.98 Å². The Morgan fingerprint density at radius 1 is 0.735 bits per heavy atom. The molecule has 10 aromatic rings. The molecule has 0 unspecified atom stereocenters. The number of para-hydroxylation sites is 2. The second-order valence-electron chi connectivity index (χ2n) is 11.2. The topological polar surface area (TPSA) is 117 Å². The van der Waals surface area contributed by atoms with Crippen molar-refractivity contribution in [1.82, 2.24) is 43.2 Å². The first-order valence-electron chi connectivity index (χ1n) is 14.7. The molecular formula is C35H24N10O2Pt2-2. The van der Waals surface area contributed by atoms with Gasteiger partial charge in [0.05, 0.1) is 25.3 Å². The molecular weight excluding hydrogens is 983 g/mol. The van der Waals surface area contributed by atoms with E-state index in [0.717, 1.165) is 60.8 Å². The molecule has 8 aromatic heterocycles. The van der Waals surface area contributed by atoms with Crippen LogP contribution in [0.4, 0.5) is 0 Å². The number of aromatic nitrogens is 10. The fourth-order valence-electron chi connectivity index (χ4n) is 5.98. The molecule has 0 atom stereocenters. The first-order chi connectivity index (χ1) is 23.0. The Morgan fingerprint density at radius 2 is 1.39 bits per heavy atom. The van der Waals surface area contributed by atoms with Gasteiger partial charge in [0.15, 0.2) is 11.6 Å². The summed E-state index contributed by atoms with van der Waals surface area (Å²) < 4.78 is 21.0. The molecule has 0 N–H and O–H groups in total. The van der Waals surface area contributed by atoms with E-state index in [1.54, 1.807) is 31.1 Å². The molecule has 0 bridgehead atoms. The number of hydrogen-bond donors (Lipinski definition) is 0. The van der Waals surface area contributed by atoms with Gasteiger partial charge >= 0.3 is 21.1 Å². The predicted octanol–water partition coefficient (Wildman–Crippen LogP) is 5.08. The van der Waals surface area contributed by atoms with Crippen molar-refractivity contribution in [3.8, 4) is 34.5 Å². The molecule has 0 spiro atoms. The fraction of sp³-hybridized carbons (Fsp3) is 0.0857. The van der Waals surface area contributed by atoms with Gasteiger partial charge in [-0.3, -0.25) is 0 Å². The molecule has 0 saturated carbocycles. The molecule has 49 heavy (non-hydrogen) atoms. The molecule has 248 valence electrons. The minimum Gasteiger partial charge on any atom is -0.660 e. The summed E-state index contributed by atoms with van der Waals surface area (Å²) in [7, 11) is 5.79. The Kier molecular flexibility index (Phi) is 8.38. The molecule has 8 heterocycles. The fourth-order valence-corrected chi connectivity index (χ4v) is 5.98. The molecule has 14 heteroatoms. The van der Waals surface area contributed by atoms with Gasteiger partial charge < -0.3 is 51.6 Å². The predicted molar refractivity (Wildman–Crippen MR) is 173 cm³/mol. The zero-order chi connectivity index (χ0) is 31.6. The summed E-state index contributed by atoms with van der Waals surface area (Å²) in [6.07, 6.45) is 25.4. The summed E-state index contributed by atoms with van der Waals surface area (Å²) in [6, 6.07) is 12.2. The molecule has 2 aromatic carbocycles. The Hall–Kier alpha value is -5.18. The van der Waals surface area contributed by atoms with Gasteiger partial charge in [-0.05, 0) is 23.5 Å². The summed E-state index contributed by atoms with van der Waals surface area (Å²) in [5, 5.41) is 4.07. The van der Waals surface area contributed by atoms with Gasteiger partial charge in [0.1, 0.15) is 0 Å². The second kappa shape index (κ2) is 12.7. The van der Waals surface area contributed by atoms with E-state index in [1.165, 1.54) is 0 Å². The monoisotopic (exact) mass is 1010 g/mol. The van der Waals surface area contributed by atoms with Crippen LogP contribution in [0, 0.1) is 18.9 Å². The van der Waals surface area contributed by atoms with Crippen LogP contribution in [-0.4, -0.2) is 33.2 Å². The van der Waals surface area contributed by atoms with Crippen LogP contribution in [-0.2, 0) is 63.3 Å². The van der Waals surface area contributed by atoms with Gasteiger partial charge in [-0.1, -0.05) is 66.0 Å². The largest absolute Gasteiger partial charge is 2.00 e. The van der Waals surface area contributed by atoms with E-state index in [2.05, 4.69) is 39.9 Å². The van der Waals surface area contributed by atoms with Gasteiger partial charge in [-0.2, -0.15) is 0 Å². The quantitative estimate of drug-likeness (QED) is 0.179. The minimum atomic E-state index is 0. The molecule has 0 radical (unpaired) electrons. The normalized spacial score (nSPS) is 11.2. The number of benzene rings is 2. The van der Waals surface area contributed by atoms with Crippen LogP contribution in [0.2, 0.25) is 0 Å². The number of furan rings is 2. The van der Waals surface area contributed by atoms with Crippen LogP contribution in [0.15, 0.2) is 101 Å².